The van der Waals surface area contributed by atoms with Crippen molar-refractivity contribution >= 4 is 5.91 Å². The molecule has 2 heterocycles. The standard InChI is InChI=1S/C23H31N3O4/c1-23(2,3)17-4-6-18(7-5-17)30-20-9-16-13-26(12-15(16)8-19(20)27)21(28)10-14-11-24-25-22(14)29/h4-7,11,15-16,19-20,27H,8-10,12-13H2,1-3H3,(H2,24,25,29)/t15-,16+,19+,20+/m0/s1. The largest absolute Gasteiger partial charge is 0.488 e. The number of aliphatic hydroxyl groups is 1. The molecule has 0 unspecified atom stereocenters. The van der Waals surface area contributed by atoms with Gasteiger partial charge in [-0.05, 0) is 47.8 Å². The third-order valence-corrected chi connectivity index (χ3v) is 6.51. The Morgan fingerprint density at radius 1 is 1.17 bits per heavy atom. The van der Waals surface area contributed by atoms with Crippen LogP contribution in [-0.4, -0.2) is 51.4 Å². The molecule has 1 aliphatic carbocycles. The molecule has 4 rings (SSSR count). The van der Waals surface area contributed by atoms with E-state index >= 15 is 0 Å². The summed E-state index contributed by atoms with van der Waals surface area (Å²) in [5, 5.41) is 15.7. The number of hydrogen-bond donors (Lipinski definition) is 3. The summed E-state index contributed by atoms with van der Waals surface area (Å²) in [5.74, 6) is 1.31. The van der Waals surface area contributed by atoms with Crippen molar-refractivity contribution in [3.8, 4) is 5.75 Å². The number of hydrogen-bond acceptors (Lipinski definition) is 4. The second kappa shape index (κ2) is 7.95. The van der Waals surface area contributed by atoms with Gasteiger partial charge in [0, 0.05) is 24.8 Å². The van der Waals surface area contributed by atoms with Crippen LogP contribution >= 0.6 is 0 Å². The van der Waals surface area contributed by atoms with Crippen molar-refractivity contribution in [2.24, 2.45) is 11.8 Å². The molecular weight excluding hydrogens is 382 g/mol. The van der Waals surface area contributed by atoms with E-state index in [1.54, 1.807) is 6.20 Å². The average Bonchev–Trinajstić information content (AvgIpc) is 3.28. The summed E-state index contributed by atoms with van der Waals surface area (Å²) in [7, 11) is 0. The molecule has 1 aromatic carbocycles. The maximum atomic E-state index is 12.6. The van der Waals surface area contributed by atoms with Crippen LogP contribution in [0.4, 0.5) is 0 Å². The molecule has 30 heavy (non-hydrogen) atoms. The summed E-state index contributed by atoms with van der Waals surface area (Å²) in [6, 6.07) is 8.09. The highest BCUT2D eigenvalue weighted by Gasteiger charge is 2.43. The molecule has 1 amide bonds. The van der Waals surface area contributed by atoms with Gasteiger partial charge < -0.3 is 19.8 Å². The highest BCUT2D eigenvalue weighted by atomic mass is 16.5. The van der Waals surface area contributed by atoms with E-state index in [4.69, 9.17) is 4.74 Å². The van der Waals surface area contributed by atoms with Crippen LogP contribution in [0.25, 0.3) is 0 Å². The van der Waals surface area contributed by atoms with Gasteiger partial charge in [-0.3, -0.25) is 14.7 Å². The molecule has 7 heteroatoms. The van der Waals surface area contributed by atoms with Crippen LogP contribution in [0.1, 0.15) is 44.7 Å². The first-order chi connectivity index (χ1) is 14.2. The van der Waals surface area contributed by atoms with E-state index in [1.165, 1.54) is 5.56 Å². The maximum absolute atomic E-state index is 12.6. The number of carbonyl (C=O) groups excluding carboxylic acids is 1. The number of aliphatic hydroxyl groups excluding tert-OH is 1. The highest BCUT2D eigenvalue weighted by molar-refractivity contribution is 5.79. The van der Waals surface area contributed by atoms with Crippen molar-refractivity contribution in [3.05, 3.63) is 51.9 Å². The smallest absolute Gasteiger partial charge is 0.267 e. The van der Waals surface area contributed by atoms with Crippen molar-refractivity contribution < 1.29 is 14.6 Å². The molecule has 162 valence electrons. The first-order valence-corrected chi connectivity index (χ1v) is 10.7. The van der Waals surface area contributed by atoms with E-state index in [0.717, 1.165) is 12.2 Å². The Labute approximate surface area is 176 Å². The SMILES string of the molecule is CC(C)(C)c1ccc(O[C@@H]2C[C@@H]3CN(C(=O)Cc4c[nH][nH]c4=O)C[C@@H]3C[C@H]2O)cc1. The number of aromatic nitrogens is 2. The Morgan fingerprint density at radius 3 is 2.43 bits per heavy atom. The molecule has 0 radical (unpaired) electrons. The molecule has 1 saturated heterocycles. The lowest BCUT2D eigenvalue weighted by Gasteiger charge is -2.35. The van der Waals surface area contributed by atoms with E-state index in [1.807, 2.05) is 17.0 Å². The summed E-state index contributed by atoms with van der Waals surface area (Å²) in [6.07, 6.45) is 2.18. The number of rotatable bonds is 4. The highest BCUT2D eigenvalue weighted by Crippen LogP contribution is 2.38. The van der Waals surface area contributed by atoms with Crippen LogP contribution in [0.15, 0.2) is 35.3 Å². The number of H-pyrrole nitrogens is 2. The molecule has 2 aliphatic rings. The summed E-state index contributed by atoms with van der Waals surface area (Å²) in [6.45, 7) is 7.81. The lowest BCUT2D eigenvalue weighted by Crippen LogP contribution is -2.42. The Bertz CT molecular complexity index is 940. The fourth-order valence-electron chi connectivity index (χ4n) is 4.67. The van der Waals surface area contributed by atoms with Gasteiger partial charge in [-0.25, -0.2) is 0 Å². The van der Waals surface area contributed by atoms with Crippen molar-refractivity contribution in [2.75, 3.05) is 13.1 Å². The summed E-state index contributed by atoms with van der Waals surface area (Å²) in [5.41, 5.74) is 1.53. The molecule has 3 N–H and O–H groups in total. The van der Waals surface area contributed by atoms with Gasteiger partial charge in [0.05, 0.1) is 12.5 Å². The van der Waals surface area contributed by atoms with Gasteiger partial charge in [-0.15, -0.1) is 0 Å². The number of benzene rings is 1. The van der Waals surface area contributed by atoms with Crippen LogP contribution in [0.5, 0.6) is 5.75 Å². The number of carbonyl (C=O) groups is 1. The van der Waals surface area contributed by atoms with Crippen LogP contribution in [0.3, 0.4) is 0 Å². The van der Waals surface area contributed by atoms with Crippen molar-refractivity contribution in [1.82, 2.24) is 15.1 Å². The van der Waals surface area contributed by atoms with Gasteiger partial charge >= 0.3 is 0 Å². The van der Waals surface area contributed by atoms with Crippen molar-refractivity contribution in [2.45, 2.75) is 57.7 Å². The normalized spacial score (nSPS) is 26.5. The predicted octanol–water partition coefficient (Wildman–Crippen LogP) is 2.22. The minimum absolute atomic E-state index is 0.0424. The fourth-order valence-corrected chi connectivity index (χ4v) is 4.67. The molecular formula is C23H31N3O4. The zero-order valence-electron chi connectivity index (χ0n) is 17.9. The maximum Gasteiger partial charge on any atom is 0.267 e. The van der Waals surface area contributed by atoms with Crippen LogP contribution in [0, 0.1) is 11.8 Å². The molecule has 7 nitrogen and oxygen atoms in total. The lowest BCUT2D eigenvalue weighted by atomic mass is 9.78. The van der Waals surface area contributed by atoms with Gasteiger partial charge in [-0.1, -0.05) is 32.9 Å². The molecule has 2 fully saturated rings. The minimum Gasteiger partial charge on any atom is -0.488 e. The number of nitrogens with zero attached hydrogens (tertiary/aromatic N) is 1. The quantitative estimate of drug-likeness (QED) is 0.716. The first kappa shape index (κ1) is 20.7. The molecule has 4 atom stereocenters. The Hall–Kier alpha value is -2.54. The molecule has 1 saturated carbocycles. The van der Waals surface area contributed by atoms with Crippen molar-refractivity contribution in [1.29, 1.82) is 0 Å². The molecule has 1 aromatic heterocycles. The van der Waals surface area contributed by atoms with E-state index in [-0.39, 0.29) is 35.3 Å². The number of likely N-dealkylation sites (tertiary alicyclic amines) is 1. The molecule has 1 aliphatic heterocycles. The number of aromatic amines is 2. The number of amides is 1. The summed E-state index contributed by atoms with van der Waals surface area (Å²) < 4.78 is 6.14. The summed E-state index contributed by atoms with van der Waals surface area (Å²) in [4.78, 5) is 26.1. The molecule has 0 bridgehead atoms. The van der Waals surface area contributed by atoms with Gasteiger partial charge in [0.25, 0.3) is 5.56 Å². The number of nitrogens with one attached hydrogen (secondary N) is 2. The Balaban J connectivity index is 1.37. The Morgan fingerprint density at radius 2 is 1.83 bits per heavy atom. The zero-order chi connectivity index (χ0) is 21.5. The fraction of sp³-hybridized carbons (Fsp3) is 0.565. The first-order valence-electron chi connectivity index (χ1n) is 10.7. The van der Waals surface area contributed by atoms with Gasteiger partial charge in [0.15, 0.2) is 0 Å². The van der Waals surface area contributed by atoms with E-state index in [2.05, 4.69) is 43.1 Å². The summed E-state index contributed by atoms with van der Waals surface area (Å²) >= 11 is 0. The Kier molecular flexibility index (Phi) is 5.49. The van der Waals surface area contributed by atoms with Crippen LogP contribution < -0.4 is 10.3 Å². The van der Waals surface area contributed by atoms with E-state index in [9.17, 15) is 14.7 Å². The van der Waals surface area contributed by atoms with Gasteiger partial charge in [0.2, 0.25) is 5.91 Å². The third kappa shape index (κ3) is 4.31. The zero-order valence-corrected chi connectivity index (χ0v) is 17.9. The van der Waals surface area contributed by atoms with Crippen molar-refractivity contribution in [3.63, 3.8) is 0 Å². The molecule has 0 spiro atoms. The average molecular weight is 414 g/mol. The number of fused-ring (bicyclic) bond motifs is 1. The topological polar surface area (TPSA) is 98.4 Å². The predicted molar refractivity (Wildman–Crippen MR) is 113 cm³/mol. The van der Waals surface area contributed by atoms with Gasteiger partial charge in [0.1, 0.15) is 11.9 Å². The lowest BCUT2D eigenvalue weighted by molar-refractivity contribution is -0.129. The number of ether oxygens (including phenoxy) is 1. The van der Waals surface area contributed by atoms with Gasteiger partial charge in [-0.2, -0.15) is 0 Å². The van der Waals surface area contributed by atoms with E-state index < -0.39 is 6.10 Å². The van der Waals surface area contributed by atoms with E-state index in [0.29, 0.717) is 31.0 Å². The monoisotopic (exact) mass is 413 g/mol. The second-order valence-electron chi connectivity index (χ2n) is 9.73. The van der Waals surface area contributed by atoms with Crippen LogP contribution in [-0.2, 0) is 16.6 Å². The molecule has 2 aromatic rings. The third-order valence-electron chi connectivity index (χ3n) is 6.51. The van der Waals surface area contributed by atoms with Crippen LogP contribution in [0.2, 0.25) is 0 Å². The minimum atomic E-state index is -0.545. The second-order valence-corrected chi connectivity index (χ2v) is 9.73.